The fourth-order valence-corrected chi connectivity index (χ4v) is 8.80. The van der Waals surface area contributed by atoms with Crippen molar-refractivity contribution in [1.29, 1.82) is 0 Å². The molecule has 6 N–H and O–H groups in total. The van der Waals surface area contributed by atoms with Crippen LogP contribution in [0.4, 0.5) is 0 Å². The summed E-state index contributed by atoms with van der Waals surface area (Å²) in [5.41, 5.74) is -2.73. The Hall–Kier alpha value is -1.09. The van der Waals surface area contributed by atoms with Gasteiger partial charge in [-0.05, 0) is 98.7 Å². The van der Waals surface area contributed by atoms with Gasteiger partial charge in [0.25, 0.3) is 0 Å². The SMILES string of the molecule is C=C(CO)C(CC)C[C@@H](O)[C@@](C)(O)[C@H]1CC[C@@]2(O)C3=CC(=O)[C@@H]4C[C@@H](O)[C@@H](O)C[C@]4(C)[C@H]3CC[C@]12C. The molecule has 0 aliphatic heterocycles. The highest BCUT2D eigenvalue weighted by molar-refractivity contribution is 5.95. The summed E-state index contributed by atoms with van der Waals surface area (Å²) < 4.78 is 0. The number of carbonyl (C=O) groups is 1. The molecule has 3 fully saturated rings. The summed E-state index contributed by atoms with van der Waals surface area (Å²) in [5.74, 6) is -1.09. The monoisotopic (exact) mass is 506 g/mol. The van der Waals surface area contributed by atoms with Crippen molar-refractivity contribution in [3.63, 3.8) is 0 Å². The number of allylic oxidation sites excluding steroid dienone is 1. The maximum atomic E-state index is 13.3. The first-order chi connectivity index (χ1) is 16.7. The molecule has 4 rings (SSSR count). The molecule has 1 unspecified atom stereocenters. The van der Waals surface area contributed by atoms with Crippen LogP contribution in [0.3, 0.4) is 0 Å². The Kier molecular flexibility index (Phi) is 7.20. The molecule has 4 aliphatic rings. The summed E-state index contributed by atoms with van der Waals surface area (Å²) in [7, 11) is 0. The van der Waals surface area contributed by atoms with Crippen molar-refractivity contribution in [1.82, 2.24) is 0 Å². The second-order valence-electron chi connectivity index (χ2n) is 13.0. The van der Waals surface area contributed by atoms with Crippen LogP contribution in [-0.4, -0.2) is 72.5 Å². The average molecular weight is 507 g/mol. The Labute approximate surface area is 214 Å². The second-order valence-corrected chi connectivity index (χ2v) is 13.0. The standard InChI is InChI=1S/C29H46O7/c1-6-17(16(2)15-30)11-25(34)28(5,35)24-8-10-29(36)19-12-21(31)20-13-22(32)23(33)14-26(20,3)18(19)7-9-27(24,29)4/h12,17-18,20,22-25,30,32-36H,2,6-11,13-15H2,1,3-5H3/t17?,18-,20-,22+,23-,24-,25+,26+,27+,28-,29+/m0/s1. The Morgan fingerprint density at radius 1 is 1.19 bits per heavy atom. The summed E-state index contributed by atoms with van der Waals surface area (Å²) in [6, 6.07) is 0. The van der Waals surface area contributed by atoms with Crippen LogP contribution in [-0.2, 0) is 4.79 Å². The van der Waals surface area contributed by atoms with Crippen molar-refractivity contribution in [3.05, 3.63) is 23.8 Å². The third kappa shape index (κ3) is 3.88. The summed E-state index contributed by atoms with van der Waals surface area (Å²) >= 11 is 0. The summed E-state index contributed by atoms with van der Waals surface area (Å²) in [5, 5.41) is 65.5. The molecule has 0 radical (unpaired) electrons. The molecule has 7 heteroatoms. The second kappa shape index (κ2) is 9.28. The fourth-order valence-electron chi connectivity index (χ4n) is 8.80. The Bertz CT molecular complexity index is 927. The van der Waals surface area contributed by atoms with Crippen molar-refractivity contribution in [2.24, 2.45) is 34.5 Å². The smallest absolute Gasteiger partial charge is 0.159 e. The van der Waals surface area contributed by atoms with Gasteiger partial charge in [0.05, 0.1) is 36.1 Å². The molecule has 0 aromatic heterocycles. The zero-order valence-electron chi connectivity index (χ0n) is 22.3. The van der Waals surface area contributed by atoms with E-state index in [9.17, 15) is 35.4 Å². The van der Waals surface area contributed by atoms with Gasteiger partial charge >= 0.3 is 0 Å². The lowest BCUT2D eigenvalue weighted by atomic mass is 9.45. The van der Waals surface area contributed by atoms with E-state index in [1.165, 1.54) is 0 Å². The fraction of sp³-hybridized carbons (Fsp3) is 0.828. The lowest BCUT2D eigenvalue weighted by molar-refractivity contribution is -0.177. The molecule has 0 heterocycles. The van der Waals surface area contributed by atoms with Crippen LogP contribution < -0.4 is 0 Å². The maximum Gasteiger partial charge on any atom is 0.159 e. The minimum Gasteiger partial charge on any atom is -0.392 e. The number of aliphatic hydroxyl groups is 6. The third-order valence-electron chi connectivity index (χ3n) is 11.3. The van der Waals surface area contributed by atoms with E-state index < -0.39 is 46.3 Å². The highest BCUT2D eigenvalue weighted by Gasteiger charge is 2.69. The maximum absolute atomic E-state index is 13.3. The van der Waals surface area contributed by atoms with Gasteiger partial charge in [-0.25, -0.2) is 0 Å². The largest absolute Gasteiger partial charge is 0.392 e. The molecule has 204 valence electrons. The summed E-state index contributed by atoms with van der Waals surface area (Å²) in [6.07, 6.45) is 2.45. The van der Waals surface area contributed by atoms with Gasteiger partial charge in [0.1, 0.15) is 0 Å². The van der Waals surface area contributed by atoms with Gasteiger partial charge in [-0.3, -0.25) is 4.79 Å². The molecular formula is C29H46O7. The first kappa shape index (κ1) is 27.9. The highest BCUT2D eigenvalue weighted by atomic mass is 16.3. The molecule has 4 aliphatic carbocycles. The normalized spacial score (nSPS) is 45.6. The summed E-state index contributed by atoms with van der Waals surface area (Å²) in [4.78, 5) is 13.3. The van der Waals surface area contributed by atoms with Crippen molar-refractivity contribution in [2.45, 2.75) is 109 Å². The van der Waals surface area contributed by atoms with Crippen LogP contribution in [0.15, 0.2) is 23.8 Å². The number of ketones is 1. The van der Waals surface area contributed by atoms with Gasteiger partial charge in [0, 0.05) is 11.3 Å². The number of hydrogen-bond donors (Lipinski definition) is 6. The predicted octanol–water partition coefficient (Wildman–Crippen LogP) is 2.27. The zero-order valence-corrected chi connectivity index (χ0v) is 22.3. The molecule has 0 spiro atoms. The predicted molar refractivity (Wildman–Crippen MR) is 136 cm³/mol. The Balaban J connectivity index is 1.66. The van der Waals surface area contributed by atoms with Crippen LogP contribution in [0.5, 0.6) is 0 Å². The molecule has 0 amide bonds. The number of aliphatic hydroxyl groups excluding tert-OH is 4. The lowest BCUT2D eigenvalue weighted by Gasteiger charge is -2.60. The van der Waals surface area contributed by atoms with Crippen LogP contribution in [0, 0.1) is 34.5 Å². The Morgan fingerprint density at radius 3 is 2.47 bits per heavy atom. The average Bonchev–Trinajstić information content (AvgIpc) is 3.10. The minimum absolute atomic E-state index is 0.0913. The first-order valence-corrected chi connectivity index (χ1v) is 13.7. The molecule has 0 aromatic rings. The van der Waals surface area contributed by atoms with E-state index in [-0.39, 0.29) is 43.0 Å². The van der Waals surface area contributed by atoms with E-state index in [1.807, 2.05) is 20.8 Å². The molecule has 0 saturated heterocycles. The van der Waals surface area contributed by atoms with Gasteiger partial charge in [0.15, 0.2) is 5.78 Å². The Morgan fingerprint density at radius 2 is 1.86 bits per heavy atom. The van der Waals surface area contributed by atoms with Crippen molar-refractivity contribution >= 4 is 5.78 Å². The quantitative estimate of drug-likeness (QED) is 0.291. The number of carbonyl (C=O) groups excluding carboxylic acids is 1. The van der Waals surface area contributed by atoms with Crippen LogP contribution in [0.2, 0.25) is 0 Å². The molecule has 0 aromatic carbocycles. The van der Waals surface area contributed by atoms with E-state index in [0.29, 0.717) is 49.7 Å². The van der Waals surface area contributed by atoms with Crippen LogP contribution in [0.1, 0.15) is 79.1 Å². The molecule has 11 atom stereocenters. The molecular weight excluding hydrogens is 460 g/mol. The first-order valence-electron chi connectivity index (χ1n) is 13.7. The molecule has 7 nitrogen and oxygen atoms in total. The van der Waals surface area contributed by atoms with Crippen molar-refractivity contribution in [3.8, 4) is 0 Å². The van der Waals surface area contributed by atoms with E-state index in [0.717, 1.165) is 0 Å². The number of rotatable bonds is 7. The van der Waals surface area contributed by atoms with E-state index >= 15 is 0 Å². The molecule has 36 heavy (non-hydrogen) atoms. The van der Waals surface area contributed by atoms with E-state index in [1.54, 1.807) is 13.0 Å². The topological polar surface area (TPSA) is 138 Å². The third-order valence-corrected chi connectivity index (χ3v) is 11.3. The van der Waals surface area contributed by atoms with Crippen LogP contribution in [0.25, 0.3) is 0 Å². The van der Waals surface area contributed by atoms with Gasteiger partial charge in [-0.1, -0.05) is 27.4 Å². The van der Waals surface area contributed by atoms with E-state index in [2.05, 4.69) is 6.58 Å². The molecule has 3 saturated carbocycles. The molecule has 0 bridgehead atoms. The van der Waals surface area contributed by atoms with E-state index in [4.69, 9.17) is 0 Å². The zero-order chi connectivity index (χ0) is 26.8. The number of fused-ring (bicyclic) bond motifs is 5. The summed E-state index contributed by atoms with van der Waals surface area (Å²) in [6.45, 7) is 11.4. The van der Waals surface area contributed by atoms with Gasteiger partial charge < -0.3 is 30.6 Å². The number of hydrogen-bond acceptors (Lipinski definition) is 7. The highest BCUT2D eigenvalue weighted by Crippen LogP contribution is 2.68. The van der Waals surface area contributed by atoms with Crippen molar-refractivity contribution in [2.75, 3.05) is 6.61 Å². The van der Waals surface area contributed by atoms with Gasteiger partial charge in [0.2, 0.25) is 0 Å². The van der Waals surface area contributed by atoms with Gasteiger partial charge in [-0.2, -0.15) is 0 Å². The van der Waals surface area contributed by atoms with Crippen molar-refractivity contribution < 1.29 is 35.4 Å². The lowest BCUT2D eigenvalue weighted by Crippen LogP contribution is -2.63. The van der Waals surface area contributed by atoms with Gasteiger partial charge in [-0.15, -0.1) is 0 Å². The minimum atomic E-state index is -1.48. The van der Waals surface area contributed by atoms with Crippen LogP contribution >= 0.6 is 0 Å².